The summed E-state index contributed by atoms with van der Waals surface area (Å²) in [5, 5.41) is 24.6. The summed E-state index contributed by atoms with van der Waals surface area (Å²) in [6, 6.07) is 25.6. The van der Waals surface area contributed by atoms with Crippen LogP contribution in [-0.4, -0.2) is 37.1 Å². The molecule has 10 heteroatoms. The second-order valence-electron chi connectivity index (χ2n) is 7.80. The molecule has 1 heterocycles. The zero-order chi connectivity index (χ0) is 25.3. The summed E-state index contributed by atoms with van der Waals surface area (Å²) in [4.78, 5) is 23.4. The molecule has 0 radical (unpaired) electrons. The number of amides is 1. The number of non-ortho nitro benzene ring substituents is 1. The number of hydrogen-bond acceptors (Lipinski definition) is 7. The van der Waals surface area contributed by atoms with Gasteiger partial charge in [-0.05, 0) is 24.1 Å². The number of hydrazone groups is 1. The summed E-state index contributed by atoms with van der Waals surface area (Å²) in [5.41, 5.74) is 5.93. The fraction of sp³-hybridized carbons (Fsp3) is 0.154. The van der Waals surface area contributed by atoms with Gasteiger partial charge in [-0.3, -0.25) is 19.5 Å². The molecule has 0 aliphatic heterocycles. The minimum absolute atomic E-state index is 0.0382. The number of nitro groups is 1. The van der Waals surface area contributed by atoms with Crippen LogP contribution in [0.25, 0.3) is 17.1 Å². The van der Waals surface area contributed by atoms with Crippen molar-refractivity contribution in [1.29, 1.82) is 0 Å². The third-order valence-electron chi connectivity index (χ3n) is 5.29. The van der Waals surface area contributed by atoms with Crippen molar-refractivity contribution in [3.8, 4) is 17.1 Å². The number of carbonyl (C=O) groups is 1. The lowest BCUT2D eigenvalue weighted by Crippen LogP contribution is -2.22. The van der Waals surface area contributed by atoms with Crippen molar-refractivity contribution in [2.75, 3.05) is 5.75 Å². The number of thioether (sulfide) groups is 1. The highest BCUT2D eigenvalue weighted by Gasteiger charge is 2.19. The normalized spacial score (nSPS) is 11.3. The van der Waals surface area contributed by atoms with Crippen LogP contribution in [0.4, 0.5) is 5.69 Å². The highest BCUT2D eigenvalue weighted by molar-refractivity contribution is 7.99. The zero-order valence-electron chi connectivity index (χ0n) is 19.6. The van der Waals surface area contributed by atoms with Crippen LogP contribution in [-0.2, 0) is 11.2 Å². The number of benzene rings is 3. The average molecular weight is 501 g/mol. The van der Waals surface area contributed by atoms with Gasteiger partial charge in [-0.1, -0.05) is 79.3 Å². The number of nitro benzene ring substituents is 1. The summed E-state index contributed by atoms with van der Waals surface area (Å²) in [7, 11) is 0. The maximum atomic E-state index is 12.6. The molecule has 1 N–H and O–H groups in total. The van der Waals surface area contributed by atoms with Crippen LogP contribution in [0.3, 0.4) is 0 Å². The number of rotatable bonds is 10. The maximum Gasteiger partial charge on any atom is 0.270 e. The van der Waals surface area contributed by atoms with Crippen molar-refractivity contribution < 1.29 is 9.72 Å². The smallest absolute Gasteiger partial charge is 0.270 e. The molecule has 0 aliphatic carbocycles. The average Bonchev–Trinajstić information content (AvgIpc) is 3.35. The summed E-state index contributed by atoms with van der Waals surface area (Å²) in [6.07, 6.45) is 1.39. The first kappa shape index (κ1) is 24.8. The predicted octanol–water partition coefficient (Wildman–Crippen LogP) is 5.06. The molecule has 0 aliphatic rings. The van der Waals surface area contributed by atoms with E-state index >= 15 is 0 Å². The van der Waals surface area contributed by atoms with E-state index in [4.69, 9.17) is 0 Å². The molecule has 4 aromatic rings. The monoisotopic (exact) mass is 500 g/mol. The Morgan fingerprint density at radius 1 is 1.03 bits per heavy atom. The molecule has 0 fully saturated rings. The molecule has 0 saturated carbocycles. The van der Waals surface area contributed by atoms with Gasteiger partial charge in [0.05, 0.1) is 10.7 Å². The Bertz CT molecular complexity index is 1370. The molecule has 1 amide bonds. The molecular weight excluding hydrogens is 476 g/mol. The summed E-state index contributed by atoms with van der Waals surface area (Å²) in [6.45, 7) is 2.00. The van der Waals surface area contributed by atoms with E-state index in [1.807, 2.05) is 67.6 Å². The Morgan fingerprint density at radius 3 is 2.44 bits per heavy atom. The van der Waals surface area contributed by atoms with Gasteiger partial charge >= 0.3 is 0 Å². The molecule has 0 bridgehead atoms. The summed E-state index contributed by atoms with van der Waals surface area (Å²) < 4.78 is 1.78. The molecular formula is C26H24N6O3S. The summed E-state index contributed by atoms with van der Waals surface area (Å²) in [5.74, 6) is 0.256. The van der Waals surface area contributed by atoms with Crippen molar-refractivity contribution in [3.63, 3.8) is 0 Å². The Labute approximate surface area is 212 Å². The quantitative estimate of drug-likeness (QED) is 0.141. The Balaban J connectivity index is 1.52. The molecule has 0 atom stereocenters. The van der Waals surface area contributed by atoms with Gasteiger partial charge in [0.15, 0.2) is 11.0 Å². The zero-order valence-corrected chi connectivity index (χ0v) is 20.4. The van der Waals surface area contributed by atoms with Crippen LogP contribution in [0.2, 0.25) is 0 Å². The predicted molar refractivity (Wildman–Crippen MR) is 140 cm³/mol. The van der Waals surface area contributed by atoms with Crippen LogP contribution in [0.15, 0.2) is 95.2 Å². The second kappa shape index (κ2) is 11.9. The minimum Gasteiger partial charge on any atom is -0.272 e. The van der Waals surface area contributed by atoms with Gasteiger partial charge in [0, 0.05) is 35.5 Å². The van der Waals surface area contributed by atoms with Crippen LogP contribution in [0, 0.1) is 10.1 Å². The fourth-order valence-corrected chi connectivity index (χ4v) is 4.24. The number of para-hydroxylation sites is 1. The van der Waals surface area contributed by atoms with Gasteiger partial charge < -0.3 is 0 Å². The molecule has 0 saturated heterocycles. The van der Waals surface area contributed by atoms with Gasteiger partial charge in [0.2, 0.25) is 0 Å². The first-order valence-electron chi connectivity index (χ1n) is 11.3. The van der Waals surface area contributed by atoms with Crippen molar-refractivity contribution in [1.82, 2.24) is 20.2 Å². The standard InChI is InChI=1S/C26H24N6O3S/c1-2-21(16-19-10-5-3-6-11-19)27-28-24(33)18-36-26-30-29-25(31(26)22-13-7-4-8-14-22)20-12-9-15-23(17-20)32(34)35/h3-15,17H,2,16,18H2,1H3,(H,28,33). The molecule has 3 aromatic carbocycles. The minimum atomic E-state index is -0.449. The first-order chi connectivity index (χ1) is 17.5. The van der Waals surface area contributed by atoms with Gasteiger partial charge in [0.25, 0.3) is 11.6 Å². The van der Waals surface area contributed by atoms with Gasteiger partial charge in [-0.25, -0.2) is 5.43 Å². The lowest BCUT2D eigenvalue weighted by molar-refractivity contribution is -0.384. The number of hydrogen-bond donors (Lipinski definition) is 1. The molecule has 36 heavy (non-hydrogen) atoms. The lowest BCUT2D eigenvalue weighted by atomic mass is 10.1. The number of aromatic nitrogens is 3. The van der Waals surface area contributed by atoms with Gasteiger partial charge in [0.1, 0.15) is 0 Å². The van der Waals surface area contributed by atoms with E-state index in [-0.39, 0.29) is 17.3 Å². The van der Waals surface area contributed by atoms with E-state index in [0.29, 0.717) is 23.0 Å². The van der Waals surface area contributed by atoms with Crippen LogP contribution < -0.4 is 5.43 Å². The topological polar surface area (TPSA) is 115 Å². The Morgan fingerprint density at radius 2 is 1.75 bits per heavy atom. The maximum absolute atomic E-state index is 12.6. The lowest BCUT2D eigenvalue weighted by Gasteiger charge is -2.10. The molecule has 0 spiro atoms. The van der Waals surface area contributed by atoms with E-state index < -0.39 is 4.92 Å². The van der Waals surface area contributed by atoms with E-state index in [1.54, 1.807) is 16.7 Å². The molecule has 1 aromatic heterocycles. The second-order valence-corrected chi connectivity index (χ2v) is 8.74. The van der Waals surface area contributed by atoms with Gasteiger partial charge in [-0.2, -0.15) is 5.10 Å². The van der Waals surface area contributed by atoms with Crippen LogP contribution in [0.5, 0.6) is 0 Å². The van der Waals surface area contributed by atoms with Crippen LogP contribution in [0.1, 0.15) is 18.9 Å². The molecule has 9 nitrogen and oxygen atoms in total. The van der Waals surface area contributed by atoms with Crippen molar-refractivity contribution in [3.05, 3.63) is 101 Å². The van der Waals surface area contributed by atoms with Crippen molar-refractivity contribution >= 4 is 29.1 Å². The van der Waals surface area contributed by atoms with Crippen molar-refractivity contribution in [2.24, 2.45) is 5.10 Å². The van der Waals surface area contributed by atoms with E-state index in [0.717, 1.165) is 23.4 Å². The van der Waals surface area contributed by atoms with E-state index in [9.17, 15) is 14.9 Å². The highest BCUT2D eigenvalue weighted by Crippen LogP contribution is 2.29. The summed E-state index contributed by atoms with van der Waals surface area (Å²) >= 11 is 1.21. The molecule has 4 rings (SSSR count). The Kier molecular flexibility index (Phi) is 8.20. The number of nitrogens with zero attached hydrogens (tertiary/aromatic N) is 5. The van der Waals surface area contributed by atoms with Gasteiger partial charge in [-0.15, -0.1) is 10.2 Å². The molecule has 0 unspecified atom stereocenters. The first-order valence-corrected chi connectivity index (χ1v) is 12.3. The fourth-order valence-electron chi connectivity index (χ4n) is 3.50. The third kappa shape index (κ3) is 6.22. The van der Waals surface area contributed by atoms with E-state index in [2.05, 4.69) is 20.7 Å². The highest BCUT2D eigenvalue weighted by atomic mass is 32.2. The third-order valence-corrected chi connectivity index (χ3v) is 6.22. The van der Waals surface area contributed by atoms with Crippen LogP contribution >= 0.6 is 11.8 Å². The van der Waals surface area contributed by atoms with Crippen molar-refractivity contribution in [2.45, 2.75) is 24.9 Å². The number of carbonyl (C=O) groups excluding carboxylic acids is 1. The number of nitrogens with one attached hydrogen (secondary N) is 1. The van der Waals surface area contributed by atoms with E-state index in [1.165, 1.54) is 23.9 Å². The molecule has 182 valence electrons. The largest absolute Gasteiger partial charge is 0.272 e. The Hall–Kier alpha value is -4.31. The SMILES string of the molecule is CCC(Cc1ccccc1)=NNC(=O)CSc1nnc(-c2cccc([N+](=O)[O-])c2)n1-c1ccccc1.